The van der Waals surface area contributed by atoms with E-state index in [2.05, 4.69) is 6.07 Å². The van der Waals surface area contributed by atoms with Gasteiger partial charge in [0, 0.05) is 6.07 Å². The maximum Gasteiger partial charge on any atom is 0.178 e. The molecule has 0 aliphatic rings. The molecule has 0 N–H and O–H groups in total. The van der Waals surface area contributed by atoms with E-state index in [0.29, 0.717) is 11.3 Å². The van der Waals surface area contributed by atoms with Crippen LogP contribution in [0, 0.1) is 6.07 Å². The summed E-state index contributed by atoms with van der Waals surface area (Å²) in [5, 5.41) is 0. The van der Waals surface area contributed by atoms with E-state index in [9.17, 15) is 8.42 Å². The topological polar surface area (TPSA) is 34.1 Å². The first-order valence-electron chi connectivity index (χ1n) is 3.86. The van der Waals surface area contributed by atoms with E-state index in [-0.39, 0.29) is 5.75 Å². The molecule has 0 atom stereocenters. The Morgan fingerprint density at radius 1 is 1.42 bits per heavy atom. The fourth-order valence-electron chi connectivity index (χ4n) is 0.949. The maximum atomic E-state index is 11.4. The molecule has 0 unspecified atom stereocenters. The molecule has 0 aliphatic heterocycles. The van der Waals surface area contributed by atoms with Gasteiger partial charge in [-0.25, -0.2) is 8.42 Å². The van der Waals surface area contributed by atoms with Crippen molar-refractivity contribution in [1.82, 2.24) is 0 Å². The molecule has 0 amide bonds. The van der Waals surface area contributed by atoms with Gasteiger partial charge in [-0.1, -0.05) is 25.1 Å². The summed E-state index contributed by atoms with van der Waals surface area (Å²) < 4.78 is 22.8. The quantitative estimate of drug-likeness (QED) is 0.714. The first-order chi connectivity index (χ1) is 5.67. The van der Waals surface area contributed by atoms with Gasteiger partial charge in [-0.3, -0.25) is 0 Å². The minimum Gasteiger partial charge on any atom is -0.224 e. The summed E-state index contributed by atoms with van der Waals surface area (Å²) in [5.41, 5.74) is 0. The van der Waals surface area contributed by atoms with Crippen LogP contribution in [-0.2, 0) is 9.84 Å². The number of benzene rings is 1. The predicted octanol–water partition coefficient (Wildman–Crippen LogP) is 1.67. The fraction of sp³-hybridized carbons (Fsp3) is 0.333. The molecule has 0 bridgehead atoms. The minimum absolute atomic E-state index is 0.202. The van der Waals surface area contributed by atoms with E-state index < -0.39 is 9.84 Å². The van der Waals surface area contributed by atoms with Gasteiger partial charge < -0.3 is 0 Å². The van der Waals surface area contributed by atoms with E-state index in [0.717, 1.165) is 0 Å². The Morgan fingerprint density at radius 2 is 2.17 bits per heavy atom. The lowest BCUT2D eigenvalue weighted by molar-refractivity contribution is 0.594. The Kier molecular flexibility index (Phi) is 2.87. The van der Waals surface area contributed by atoms with Crippen LogP contribution >= 0.6 is 0 Å². The summed E-state index contributed by atoms with van der Waals surface area (Å²) in [7, 11) is -3.07. The molecule has 0 aliphatic carbocycles. The van der Waals surface area contributed by atoms with Crippen LogP contribution in [0.5, 0.6) is 0 Å². The first kappa shape index (κ1) is 9.26. The van der Waals surface area contributed by atoms with Gasteiger partial charge in [0.15, 0.2) is 9.84 Å². The second-order valence-corrected chi connectivity index (χ2v) is 4.62. The number of hydrogen-bond donors (Lipinski definition) is 0. The second kappa shape index (κ2) is 3.72. The third-order valence-electron chi connectivity index (χ3n) is 1.49. The summed E-state index contributed by atoms with van der Waals surface area (Å²) in [5.74, 6) is 0.202. The van der Waals surface area contributed by atoms with Crippen molar-refractivity contribution in [2.45, 2.75) is 18.2 Å². The van der Waals surface area contributed by atoms with Crippen LogP contribution in [0.2, 0.25) is 0 Å². The van der Waals surface area contributed by atoms with Gasteiger partial charge in [-0.15, -0.1) is 0 Å². The van der Waals surface area contributed by atoms with Crippen LogP contribution in [0.3, 0.4) is 0 Å². The zero-order valence-electron chi connectivity index (χ0n) is 6.95. The normalized spacial score (nSPS) is 11.4. The number of sulfone groups is 1. The molecule has 0 saturated carbocycles. The lowest BCUT2D eigenvalue weighted by Gasteiger charge is -1.99. The molecular weight excluding hydrogens is 172 g/mol. The summed E-state index contributed by atoms with van der Waals surface area (Å²) in [6.45, 7) is 1.85. The Bertz CT molecular complexity index is 327. The van der Waals surface area contributed by atoms with Crippen LogP contribution in [0.1, 0.15) is 13.3 Å². The smallest absolute Gasteiger partial charge is 0.178 e. The molecule has 3 heteroatoms. The Balaban J connectivity index is 2.99. The highest BCUT2D eigenvalue weighted by Gasteiger charge is 2.11. The number of hydrogen-bond acceptors (Lipinski definition) is 2. The average Bonchev–Trinajstić information content (AvgIpc) is 2.06. The van der Waals surface area contributed by atoms with Crippen LogP contribution in [0.15, 0.2) is 29.2 Å². The fourth-order valence-corrected chi connectivity index (χ4v) is 2.24. The van der Waals surface area contributed by atoms with Gasteiger partial charge in [-0.2, -0.15) is 0 Å². The van der Waals surface area contributed by atoms with Gasteiger partial charge in [-0.05, 0) is 12.5 Å². The van der Waals surface area contributed by atoms with Crippen LogP contribution in [-0.4, -0.2) is 14.2 Å². The van der Waals surface area contributed by atoms with Gasteiger partial charge in [0.25, 0.3) is 0 Å². The van der Waals surface area contributed by atoms with E-state index in [1.165, 1.54) is 0 Å². The number of rotatable bonds is 3. The van der Waals surface area contributed by atoms with Crippen molar-refractivity contribution in [3.8, 4) is 0 Å². The molecule has 0 aromatic heterocycles. The minimum atomic E-state index is -3.07. The molecule has 0 heterocycles. The third-order valence-corrected chi connectivity index (χ3v) is 3.36. The lowest BCUT2D eigenvalue weighted by atomic mass is 10.4. The first-order valence-corrected chi connectivity index (χ1v) is 5.51. The van der Waals surface area contributed by atoms with E-state index in [1.54, 1.807) is 24.3 Å². The van der Waals surface area contributed by atoms with Crippen molar-refractivity contribution in [2.75, 3.05) is 5.75 Å². The van der Waals surface area contributed by atoms with Crippen molar-refractivity contribution in [1.29, 1.82) is 0 Å². The summed E-state index contributed by atoms with van der Waals surface area (Å²) >= 11 is 0. The Morgan fingerprint density at radius 3 is 2.67 bits per heavy atom. The van der Waals surface area contributed by atoms with Crippen LogP contribution in [0.25, 0.3) is 0 Å². The van der Waals surface area contributed by atoms with Gasteiger partial charge in [0.1, 0.15) is 0 Å². The van der Waals surface area contributed by atoms with Gasteiger partial charge in [0.2, 0.25) is 0 Å². The highest BCUT2D eigenvalue weighted by atomic mass is 32.2. The summed E-state index contributed by atoms with van der Waals surface area (Å²) in [6, 6.07) is 9.36. The zero-order valence-corrected chi connectivity index (χ0v) is 7.76. The Labute approximate surface area is 73.2 Å². The summed E-state index contributed by atoms with van der Waals surface area (Å²) in [6.07, 6.45) is 0.644. The van der Waals surface area contributed by atoms with Crippen LogP contribution in [0.4, 0.5) is 0 Å². The van der Waals surface area contributed by atoms with Crippen molar-refractivity contribution < 1.29 is 8.42 Å². The highest BCUT2D eigenvalue weighted by molar-refractivity contribution is 7.91. The molecule has 1 rings (SSSR count). The molecule has 2 nitrogen and oxygen atoms in total. The lowest BCUT2D eigenvalue weighted by Crippen LogP contribution is -2.05. The van der Waals surface area contributed by atoms with Crippen molar-refractivity contribution in [3.05, 3.63) is 30.3 Å². The monoisotopic (exact) mass is 183 g/mol. The molecule has 12 heavy (non-hydrogen) atoms. The third kappa shape index (κ3) is 2.08. The molecule has 1 aromatic rings. The molecular formula is C9H11O2S. The molecule has 65 valence electrons. The van der Waals surface area contributed by atoms with Crippen LogP contribution < -0.4 is 0 Å². The average molecular weight is 183 g/mol. The molecule has 1 aromatic carbocycles. The van der Waals surface area contributed by atoms with Crippen molar-refractivity contribution in [2.24, 2.45) is 0 Å². The highest BCUT2D eigenvalue weighted by Crippen LogP contribution is 2.09. The van der Waals surface area contributed by atoms with E-state index in [4.69, 9.17) is 0 Å². The maximum absolute atomic E-state index is 11.4. The molecule has 0 saturated heterocycles. The van der Waals surface area contributed by atoms with Gasteiger partial charge >= 0.3 is 0 Å². The predicted molar refractivity (Wildman–Crippen MR) is 47.6 cm³/mol. The molecule has 1 radical (unpaired) electrons. The standard InChI is InChI=1S/C9H11O2S/c1-2-8-12(10,11)9-6-4-3-5-7-9/h3-6H,2,8H2,1H3. The van der Waals surface area contributed by atoms with Crippen molar-refractivity contribution in [3.63, 3.8) is 0 Å². The van der Waals surface area contributed by atoms with E-state index >= 15 is 0 Å². The zero-order chi connectivity index (χ0) is 9.03. The summed E-state index contributed by atoms with van der Waals surface area (Å²) in [4.78, 5) is 0.298. The second-order valence-electron chi connectivity index (χ2n) is 2.55. The van der Waals surface area contributed by atoms with Crippen molar-refractivity contribution >= 4 is 9.84 Å². The SMILES string of the molecule is CCCS(=O)(=O)c1[c]cccc1. The molecule has 0 fully saturated rings. The Hall–Kier alpha value is -0.830. The van der Waals surface area contributed by atoms with Gasteiger partial charge in [0.05, 0.1) is 10.6 Å². The largest absolute Gasteiger partial charge is 0.224 e. The van der Waals surface area contributed by atoms with E-state index in [1.807, 2.05) is 6.92 Å². The molecule has 0 spiro atoms.